The van der Waals surface area contributed by atoms with E-state index < -0.39 is 10.0 Å². The van der Waals surface area contributed by atoms with Crippen molar-refractivity contribution in [1.82, 2.24) is 9.62 Å². The number of unbranched alkanes of at least 4 members (excludes halogenated alkanes) is 1. The van der Waals surface area contributed by atoms with E-state index in [-0.39, 0.29) is 11.8 Å². The van der Waals surface area contributed by atoms with Gasteiger partial charge in [-0.3, -0.25) is 0 Å². The Morgan fingerprint density at radius 3 is 2.76 bits per heavy atom. The molecule has 0 bridgehead atoms. The van der Waals surface area contributed by atoms with Crippen molar-refractivity contribution in [2.45, 2.75) is 51.6 Å². The maximum atomic E-state index is 12.5. The Kier molecular flexibility index (Phi) is 6.26. The normalized spacial score (nSPS) is 15.7. The summed E-state index contributed by atoms with van der Waals surface area (Å²) in [6, 6.07) is 3.81. The van der Waals surface area contributed by atoms with Gasteiger partial charge in [-0.05, 0) is 57.3 Å². The maximum absolute atomic E-state index is 12.5. The Morgan fingerprint density at radius 2 is 2.14 bits per heavy atom. The van der Waals surface area contributed by atoms with Crippen LogP contribution in [-0.4, -0.2) is 37.6 Å². The second kappa shape index (κ2) is 7.96. The summed E-state index contributed by atoms with van der Waals surface area (Å²) in [6.07, 6.45) is 6.25. The summed E-state index contributed by atoms with van der Waals surface area (Å²) in [7, 11) is -3.18. The van der Waals surface area contributed by atoms with Crippen LogP contribution in [0.15, 0.2) is 22.8 Å². The van der Waals surface area contributed by atoms with Crippen LogP contribution in [0.2, 0.25) is 0 Å². The second-order valence-corrected chi connectivity index (χ2v) is 7.67. The smallest absolute Gasteiger partial charge is 0.214 e. The van der Waals surface area contributed by atoms with Gasteiger partial charge in [0, 0.05) is 6.04 Å². The van der Waals surface area contributed by atoms with Gasteiger partial charge in [-0.15, -0.1) is 0 Å². The maximum Gasteiger partial charge on any atom is 0.214 e. The van der Waals surface area contributed by atoms with E-state index in [4.69, 9.17) is 4.42 Å². The Labute approximate surface area is 127 Å². The standard InChI is InChI=1S/C15H26N2O3S/c1-2-9-16-10-3-4-12-21(18,19)17(14-7-8-14)13-15-6-5-11-20-15/h5-6,11,14,16H,2-4,7-10,12-13H2,1H3. The van der Waals surface area contributed by atoms with Crippen molar-refractivity contribution in [1.29, 1.82) is 0 Å². The highest BCUT2D eigenvalue weighted by Crippen LogP contribution is 2.31. The first-order valence-electron chi connectivity index (χ1n) is 7.86. The fourth-order valence-corrected chi connectivity index (χ4v) is 4.12. The molecule has 1 saturated carbocycles. The van der Waals surface area contributed by atoms with E-state index >= 15 is 0 Å². The van der Waals surface area contributed by atoms with E-state index in [1.165, 1.54) is 0 Å². The van der Waals surface area contributed by atoms with Crippen molar-refractivity contribution in [2.75, 3.05) is 18.8 Å². The minimum atomic E-state index is -3.18. The molecule has 0 atom stereocenters. The van der Waals surface area contributed by atoms with Gasteiger partial charge < -0.3 is 9.73 Å². The first-order chi connectivity index (χ1) is 10.1. The van der Waals surface area contributed by atoms with Crippen molar-refractivity contribution in [2.24, 2.45) is 0 Å². The van der Waals surface area contributed by atoms with E-state index in [1.54, 1.807) is 16.6 Å². The summed E-state index contributed by atoms with van der Waals surface area (Å²) >= 11 is 0. The van der Waals surface area contributed by atoms with Crippen molar-refractivity contribution >= 4 is 10.0 Å². The molecule has 0 radical (unpaired) electrons. The molecular weight excluding hydrogens is 288 g/mol. The van der Waals surface area contributed by atoms with Crippen LogP contribution in [0.1, 0.15) is 44.8 Å². The van der Waals surface area contributed by atoms with Crippen LogP contribution in [-0.2, 0) is 16.6 Å². The van der Waals surface area contributed by atoms with Crippen molar-refractivity contribution in [3.8, 4) is 0 Å². The molecule has 1 aliphatic rings. The van der Waals surface area contributed by atoms with E-state index in [9.17, 15) is 8.42 Å². The molecule has 21 heavy (non-hydrogen) atoms. The lowest BCUT2D eigenvalue weighted by molar-refractivity contribution is 0.356. The third-order valence-corrected chi connectivity index (χ3v) is 5.58. The third-order valence-electron chi connectivity index (χ3n) is 3.64. The lowest BCUT2D eigenvalue weighted by Crippen LogP contribution is -2.34. The van der Waals surface area contributed by atoms with Crippen molar-refractivity contribution in [3.05, 3.63) is 24.2 Å². The zero-order chi connectivity index (χ0) is 15.1. The van der Waals surface area contributed by atoms with E-state index in [0.29, 0.717) is 13.0 Å². The Morgan fingerprint density at radius 1 is 1.33 bits per heavy atom. The highest BCUT2D eigenvalue weighted by molar-refractivity contribution is 7.89. The highest BCUT2D eigenvalue weighted by atomic mass is 32.2. The van der Waals surface area contributed by atoms with Crippen LogP contribution in [0.5, 0.6) is 0 Å². The summed E-state index contributed by atoms with van der Waals surface area (Å²) in [5, 5.41) is 3.30. The second-order valence-electron chi connectivity index (χ2n) is 5.63. The Bertz CT molecular complexity index is 495. The minimum absolute atomic E-state index is 0.179. The molecule has 0 amide bonds. The molecule has 120 valence electrons. The van der Waals surface area contributed by atoms with Gasteiger partial charge in [0.15, 0.2) is 0 Å². The third kappa shape index (κ3) is 5.45. The monoisotopic (exact) mass is 314 g/mol. The largest absolute Gasteiger partial charge is 0.468 e. The van der Waals surface area contributed by atoms with E-state index in [1.807, 2.05) is 6.07 Å². The summed E-state index contributed by atoms with van der Waals surface area (Å²) in [4.78, 5) is 0. The predicted molar refractivity (Wildman–Crippen MR) is 83.5 cm³/mol. The first kappa shape index (κ1) is 16.5. The van der Waals surface area contributed by atoms with Gasteiger partial charge in [-0.25, -0.2) is 8.42 Å². The predicted octanol–water partition coefficient (Wildman–Crippen LogP) is 2.35. The van der Waals surface area contributed by atoms with Gasteiger partial charge >= 0.3 is 0 Å². The molecule has 0 aliphatic heterocycles. The summed E-state index contributed by atoms with van der Waals surface area (Å²) in [5.74, 6) is 0.952. The van der Waals surface area contributed by atoms with Crippen LogP contribution in [0, 0.1) is 0 Å². The number of nitrogens with zero attached hydrogens (tertiary/aromatic N) is 1. The summed E-state index contributed by atoms with van der Waals surface area (Å²) in [6.45, 7) is 4.39. The number of rotatable bonds is 11. The lowest BCUT2D eigenvalue weighted by atomic mass is 10.3. The molecule has 1 aromatic heterocycles. The molecule has 1 N–H and O–H groups in total. The van der Waals surface area contributed by atoms with Crippen molar-refractivity contribution < 1.29 is 12.8 Å². The molecule has 1 fully saturated rings. The highest BCUT2D eigenvalue weighted by Gasteiger charge is 2.37. The molecule has 5 nitrogen and oxygen atoms in total. The van der Waals surface area contributed by atoms with E-state index in [2.05, 4.69) is 12.2 Å². The molecule has 0 aromatic carbocycles. The van der Waals surface area contributed by atoms with Crippen LogP contribution in [0.3, 0.4) is 0 Å². The van der Waals surface area contributed by atoms with Gasteiger partial charge in [0.2, 0.25) is 10.0 Å². The molecule has 1 aromatic rings. The molecule has 1 aliphatic carbocycles. The lowest BCUT2D eigenvalue weighted by Gasteiger charge is -2.20. The molecule has 6 heteroatoms. The molecule has 0 spiro atoms. The van der Waals surface area contributed by atoms with Crippen LogP contribution < -0.4 is 5.32 Å². The fourth-order valence-electron chi connectivity index (χ4n) is 2.33. The SMILES string of the molecule is CCCNCCCCS(=O)(=O)N(Cc1ccco1)C1CC1. The average Bonchev–Trinajstić information content (AvgIpc) is 3.16. The van der Waals surface area contributed by atoms with Gasteiger partial charge in [0.25, 0.3) is 0 Å². The van der Waals surface area contributed by atoms with Gasteiger partial charge in [0.05, 0.1) is 18.6 Å². The Hall–Kier alpha value is -0.850. The summed E-state index contributed by atoms with van der Waals surface area (Å²) in [5.41, 5.74) is 0. The van der Waals surface area contributed by atoms with E-state index in [0.717, 1.165) is 44.5 Å². The number of hydrogen-bond donors (Lipinski definition) is 1. The van der Waals surface area contributed by atoms with Crippen LogP contribution in [0.25, 0.3) is 0 Å². The molecular formula is C15H26N2O3S. The van der Waals surface area contributed by atoms with Crippen LogP contribution >= 0.6 is 0 Å². The number of nitrogens with one attached hydrogen (secondary N) is 1. The average molecular weight is 314 g/mol. The molecule has 0 unspecified atom stereocenters. The molecule has 1 heterocycles. The molecule has 2 rings (SSSR count). The zero-order valence-electron chi connectivity index (χ0n) is 12.8. The van der Waals surface area contributed by atoms with Crippen molar-refractivity contribution in [3.63, 3.8) is 0 Å². The summed E-state index contributed by atoms with van der Waals surface area (Å²) < 4.78 is 31.9. The Balaban J connectivity index is 1.80. The van der Waals surface area contributed by atoms with Gasteiger partial charge in [0.1, 0.15) is 5.76 Å². The number of furan rings is 1. The minimum Gasteiger partial charge on any atom is -0.468 e. The zero-order valence-corrected chi connectivity index (χ0v) is 13.6. The van der Waals surface area contributed by atoms with Gasteiger partial charge in [-0.1, -0.05) is 6.92 Å². The topological polar surface area (TPSA) is 62.6 Å². The number of hydrogen-bond acceptors (Lipinski definition) is 4. The van der Waals surface area contributed by atoms with Crippen LogP contribution in [0.4, 0.5) is 0 Å². The first-order valence-corrected chi connectivity index (χ1v) is 9.47. The fraction of sp³-hybridized carbons (Fsp3) is 0.733. The van der Waals surface area contributed by atoms with Gasteiger partial charge in [-0.2, -0.15) is 4.31 Å². The quantitative estimate of drug-likeness (QED) is 0.637. The molecule has 0 saturated heterocycles. The number of sulfonamides is 1.